The van der Waals surface area contributed by atoms with Crippen molar-refractivity contribution in [2.24, 2.45) is 0 Å². The van der Waals surface area contributed by atoms with Gasteiger partial charge in [-0.05, 0) is 37.8 Å². The highest BCUT2D eigenvalue weighted by Gasteiger charge is 2.37. The van der Waals surface area contributed by atoms with Crippen molar-refractivity contribution in [3.63, 3.8) is 0 Å². The summed E-state index contributed by atoms with van der Waals surface area (Å²) in [5, 5.41) is 3.73. The fourth-order valence-electron chi connectivity index (χ4n) is 3.74. The van der Waals surface area contributed by atoms with Gasteiger partial charge in [0.05, 0.1) is 0 Å². The minimum atomic E-state index is 0.286. The molecule has 1 aromatic rings. The lowest BCUT2D eigenvalue weighted by Gasteiger charge is -2.49. The Labute approximate surface area is 123 Å². The normalized spacial score (nSPS) is 28.8. The highest BCUT2D eigenvalue weighted by Crippen LogP contribution is 2.37. The van der Waals surface area contributed by atoms with Gasteiger partial charge in [0.15, 0.2) is 0 Å². The molecule has 1 aliphatic heterocycles. The Balaban J connectivity index is 1.66. The van der Waals surface area contributed by atoms with Crippen molar-refractivity contribution in [1.29, 1.82) is 0 Å². The third kappa shape index (κ3) is 2.64. The Bertz CT molecular complexity index is 466. The molecule has 1 saturated heterocycles. The number of nitrogens with one attached hydrogen (secondary N) is 1. The van der Waals surface area contributed by atoms with Crippen LogP contribution in [0.15, 0.2) is 24.3 Å². The number of benzene rings is 1. The molecule has 0 saturated carbocycles. The number of rotatable bonds is 4. The Morgan fingerprint density at radius 3 is 2.85 bits per heavy atom. The molecule has 0 bridgehead atoms. The molecule has 1 heterocycles. The molecule has 2 nitrogen and oxygen atoms in total. The number of hydrogen-bond acceptors (Lipinski definition) is 2. The van der Waals surface area contributed by atoms with E-state index in [1.165, 1.54) is 32.4 Å². The summed E-state index contributed by atoms with van der Waals surface area (Å²) in [5.41, 5.74) is 3.44. The fraction of sp³-hybridized carbons (Fsp3) is 0.667. The summed E-state index contributed by atoms with van der Waals surface area (Å²) < 4.78 is 0. The van der Waals surface area contributed by atoms with E-state index >= 15 is 0 Å². The zero-order valence-electron chi connectivity index (χ0n) is 13.2. The number of piperazine rings is 1. The lowest BCUT2D eigenvalue weighted by molar-refractivity contribution is 0.0553. The average Bonchev–Trinajstić information content (AvgIpc) is 2.39. The van der Waals surface area contributed by atoms with E-state index < -0.39 is 0 Å². The predicted octanol–water partition coefficient (Wildman–Crippen LogP) is 3.18. The van der Waals surface area contributed by atoms with Crippen molar-refractivity contribution in [3.8, 4) is 0 Å². The summed E-state index contributed by atoms with van der Waals surface area (Å²) in [7, 11) is 0. The van der Waals surface area contributed by atoms with Crippen LogP contribution in [0.3, 0.4) is 0 Å². The molecule has 0 amide bonds. The fourth-order valence-corrected chi connectivity index (χ4v) is 3.74. The molecule has 0 spiro atoms. The Morgan fingerprint density at radius 2 is 2.10 bits per heavy atom. The van der Waals surface area contributed by atoms with Crippen LogP contribution in [0.4, 0.5) is 0 Å². The van der Waals surface area contributed by atoms with Crippen LogP contribution in [0.5, 0.6) is 0 Å². The molecule has 2 unspecified atom stereocenters. The van der Waals surface area contributed by atoms with Gasteiger partial charge in [-0.25, -0.2) is 0 Å². The van der Waals surface area contributed by atoms with E-state index in [4.69, 9.17) is 0 Å². The minimum absolute atomic E-state index is 0.286. The number of hydrogen-bond donors (Lipinski definition) is 1. The van der Waals surface area contributed by atoms with E-state index in [1.54, 1.807) is 11.1 Å². The van der Waals surface area contributed by atoms with Gasteiger partial charge in [-0.1, -0.05) is 37.6 Å². The molecular weight excluding hydrogens is 244 g/mol. The molecular formula is C18H28N2. The second-order valence-corrected chi connectivity index (χ2v) is 7.18. The van der Waals surface area contributed by atoms with Crippen LogP contribution in [0.2, 0.25) is 0 Å². The van der Waals surface area contributed by atoms with E-state index in [0.29, 0.717) is 6.04 Å². The summed E-state index contributed by atoms with van der Waals surface area (Å²) in [6.45, 7) is 10.6. The van der Waals surface area contributed by atoms with E-state index in [0.717, 1.165) is 12.5 Å². The van der Waals surface area contributed by atoms with Crippen LogP contribution >= 0.6 is 0 Å². The van der Waals surface area contributed by atoms with Crippen molar-refractivity contribution >= 4 is 0 Å². The molecule has 2 aliphatic rings. The largest absolute Gasteiger partial charge is 0.311 e. The summed E-state index contributed by atoms with van der Waals surface area (Å²) in [4.78, 5) is 2.73. The van der Waals surface area contributed by atoms with Gasteiger partial charge in [-0.3, -0.25) is 4.90 Å². The molecule has 3 rings (SSSR count). The molecule has 2 heteroatoms. The van der Waals surface area contributed by atoms with Gasteiger partial charge < -0.3 is 5.32 Å². The summed E-state index contributed by atoms with van der Waals surface area (Å²) in [5.74, 6) is 0.755. The van der Waals surface area contributed by atoms with E-state index in [1.807, 2.05) is 0 Å². The zero-order valence-corrected chi connectivity index (χ0v) is 13.2. The van der Waals surface area contributed by atoms with E-state index in [2.05, 4.69) is 55.3 Å². The van der Waals surface area contributed by atoms with Gasteiger partial charge in [0, 0.05) is 37.1 Å². The lowest BCUT2D eigenvalue weighted by Crippen LogP contribution is -2.62. The van der Waals surface area contributed by atoms with Crippen molar-refractivity contribution in [2.75, 3.05) is 19.6 Å². The maximum atomic E-state index is 3.73. The van der Waals surface area contributed by atoms with Gasteiger partial charge in [0.25, 0.3) is 0 Å². The van der Waals surface area contributed by atoms with Crippen molar-refractivity contribution < 1.29 is 0 Å². The van der Waals surface area contributed by atoms with Crippen LogP contribution in [-0.4, -0.2) is 36.1 Å². The first kappa shape index (κ1) is 14.1. The second-order valence-electron chi connectivity index (χ2n) is 7.18. The lowest BCUT2D eigenvalue weighted by atomic mass is 9.76. The smallest absolute Gasteiger partial charge is 0.0278 e. The topological polar surface area (TPSA) is 15.3 Å². The maximum Gasteiger partial charge on any atom is 0.0278 e. The average molecular weight is 272 g/mol. The van der Waals surface area contributed by atoms with Crippen LogP contribution < -0.4 is 5.32 Å². The standard InChI is InChI=1S/C18H28N2/c1-4-7-16-12-20(18(2,3)13-19-16)11-15-10-14-8-5-6-9-17(14)15/h5-6,8-9,15-16,19H,4,7,10-13H2,1-3H3. The van der Waals surface area contributed by atoms with Crippen LogP contribution in [0, 0.1) is 0 Å². The highest BCUT2D eigenvalue weighted by atomic mass is 15.3. The molecule has 0 aromatic heterocycles. The van der Waals surface area contributed by atoms with E-state index in [9.17, 15) is 0 Å². The molecule has 1 fully saturated rings. The van der Waals surface area contributed by atoms with Gasteiger partial charge in [0.2, 0.25) is 0 Å². The quantitative estimate of drug-likeness (QED) is 0.905. The Kier molecular flexibility index (Phi) is 3.87. The Morgan fingerprint density at radius 1 is 1.30 bits per heavy atom. The monoisotopic (exact) mass is 272 g/mol. The SMILES string of the molecule is CCCC1CN(CC2Cc3ccccc32)C(C)(C)CN1. The van der Waals surface area contributed by atoms with Crippen LogP contribution in [-0.2, 0) is 6.42 Å². The third-order valence-electron chi connectivity index (χ3n) is 5.16. The summed E-state index contributed by atoms with van der Waals surface area (Å²) in [6.07, 6.45) is 3.85. The van der Waals surface area contributed by atoms with Crippen molar-refractivity contribution in [2.45, 2.75) is 57.5 Å². The van der Waals surface area contributed by atoms with Crippen LogP contribution in [0.1, 0.15) is 50.7 Å². The summed E-state index contributed by atoms with van der Waals surface area (Å²) in [6, 6.07) is 9.65. The molecule has 20 heavy (non-hydrogen) atoms. The molecule has 1 N–H and O–H groups in total. The van der Waals surface area contributed by atoms with Crippen molar-refractivity contribution in [1.82, 2.24) is 10.2 Å². The van der Waals surface area contributed by atoms with Gasteiger partial charge in [-0.15, -0.1) is 0 Å². The minimum Gasteiger partial charge on any atom is -0.311 e. The van der Waals surface area contributed by atoms with Gasteiger partial charge in [0.1, 0.15) is 0 Å². The van der Waals surface area contributed by atoms with E-state index in [-0.39, 0.29) is 5.54 Å². The first-order chi connectivity index (χ1) is 9.60. The first-order valence-corrected chi connectivity index (χ1v) is 8.16. The van der Waals surface area contributed by atoms with Crippen molar-refractivity contribution in [3.05, 3.63) is 35.4 Å². The maximum absolute atomic E-state index is 3.73. The predicted molar refractivity (Wildman–Crippen MR) is 85.2 cm³/mol. The molecule has 0 radical (unpaired) electrons. The third-order valence-corrected chi connectivity index (χ3v) is 5.16. The second kappa shape index (κ2) is 5.50. The van der Waals surface area contributed by atoms with Gasteiger partial charge in [-0.2, -0.15) is 0 Å². The zero-order chi connectivity index (χ0) is 14.2. The molecule has 2 atom stereocenters. The first-order valence-electron chi connectivity index (χ1n) is 8.16. The number of fused-ring (bicyclic) bond motifs is 1. The number of nitrogens with zero attached hydrogens (tertiary/aromatic N) is 1. The van der Waals surface area contributed by atoms with Crippen LogP contribution in [0.25, 0.3) is 0 Å². The molecule has 1 aromatic carbocycles. The summed E-state index contributed by atoms with van der Waals surface area (Å²) >= 11 is 0. The van der Waals surface area contributed by atoms with Gasteiger partial charge >= 0.3 is 0 Å². The molecule has 110 valence electrons. The highest BCUT2D eigenvalue weighted by molar-refractivity contribution is 5.40. The Hall–Kier alpha value is -0.860. The molecule has 1 aliphatic carbocycles.